The third kappa shape index (κ3) is 2.01. The maximum absolute atomic E-state index is 11.1. The summed E-state index contributed by atoms with van der Waals surface area (Å²) < 4.78 is 5.46. The number of aliphatic hydroxyl groups is 1. The van der Waals surface area contributed by atoms with Crippen molar-refractivity contribution in [2.24, 2.45) is 11.3 Å². The van der Waals surface area contributed by atoms with Crippen molar-refractivity contribution in [3.63, 3.8) is 0 Å². The fourth-order valence-electron chi connectivity index (χ4n) is 5.66. The number of fused-ring (bicyclic) bond motifs is 3. The molecule has 0 radical (unpaired) electrons. The number of aliphatic hydroxyl groups excluding tert-OH is 1. The summed E-state index contributed by atoms with van der Waals surface area (Å²) >= 11 is 0. The number of methoxy groups -OCH3 is 1. The lowest BCUT2D eigenvalue weighted by atomic mass is 9.56. The number of ether oxygens (including phenoxy) is 1. The van der Waals surface area contributed by atoms with Gasteiger partial charge in [-0.05, 0) is 24.2 Å². The van der Waals surface area contributed by atoms with Crippen LogP contribution in [0.25, 0.3) is 0 Å². The van der Waals surface area contributed by atoms with E-state index in [1.165, 1.54) is 7.11 Å². The molecule has 3 rings (SSSR count). The highest BCUT2D eigenvalue weighted by Crippen LogP contribution is 2.67. The lowest BCUT2D eigenvalue weighted by molar-refractivity contribution is -0.0279. The second-order valence-corrected chi connectivity index (χ2v) is 8.77. The van der Waals surface area contributed by atoms with Crippen LogP contribution in [-0.2, 0) is 5.41 Å². The fourth-order valence-corrected chi connectivity index (χ4v) is 5.66. The van der Waals surface area contributed by atoms with E-state index in [-0.39, 0.29) is 34.2 Å². The second kappa shape index (κ2) is 5.29. The van der Waals surface area contributed by atoms with Gasteiger partial charge in [0, 0.05) is 28.0 Å². The van der Waals surface area contributed by atoms with Gasteiger partial charge in [0.2, 0.25) is 0 Å². The van der Waals surface area contributed by atoms with Gasteiger partial charge in [-0.1, -0.05) is 41.0 Å². The van der Waals surface area contributed by atoms with Crippen molar-refractivity contribution < 1.29 is 20.1 Å². The van der Waals surface area contributed by atoms with E-state index in [0.717, 1.165) is 19.3 Å². The zero-order chi connectivity index (χ0) is 18.0. The molecule has 1 fully saturated rings. The molecule has 134 valence electrons. The van der Waals surface area contributed by atoms with Crippen molar-refractivity contribution in [3.8, 4) is 17.2 Å². The molecule has 1 aromatic rings. The first kappa shape index (κ1) is 17.4. The minimum Gasteiger partial charge on any atom is -0.507 e. The Hall–Kier alpha value is -1.42. The number of phenolic OH excluding ortho intramolecular Hbond substituents is 2. The quantitative estimate of drug-likeness (QED) is 0.703. The molecular formula is C20H30O4. The van der Waals surface area contributed by atoms with Crippen molar-refractivity contribution in [1.82, 2.24) is 0 Å². The first-order chi connectivity index (χ1) is 11.1. The normalized spacial score (nSPS) is 31.0. The summed E-state index contributed by atoms with van der Waals surface area (Å²) in [6.45, 7) is 10.4. The Morgan fingerprint density at radius 1 is 1.08 bits per heavy atom. The monoisotopic (exact) mass is 334 g/mol. The maximum Gasteiger partial charge on any atom is 0.167 e. The maximum atomic E-state index is 11.1. The molecule has 0 spiro atoms. The third-order valence-electron chi connectivity index (χ3n) is 6.49. The van der Waals surface area contributed by atoms with E-state index in [4.69, 9.17) is 4.74 Å². The Kier molecular flexibility index (Phi) is 3.83. The number of hydrogen-bond acceptors (Lipinski definition) is 4. The molecule has 0 saturated heterocycles. The molecule has 0 unspecified atom stereocenters. The molecule has 0 aromatic heterocycles. The predicted octanol–water partition coefficient (Wildman–Crippen LogP) is 4.36. The molecule has 3 N–H and O–H groups in total. The van der Waals surface area contributed by atoms with E-state index in [1.807, 2.05) is 13.8 Å². The summed E-state index contributed by atoms with van der Waals surface area (Å²) in [6, 6.07) is 0. The third-order valence-corrected chi connectivity index (χ3v) is 6.49. The van der Waals surface area contributed by atoms with E-state index in [9.17, 15) is 15.3 Å². The van der Waals surface area contributed by atoms with Crippen LogP contribution in [0.4, 0.5) is 0 Å². The van der Waals surface area contributed by atoms with Crippen LogP contribution in [0.15, 0.2) is 0 Å². The Morgan fingerprint density at radius 2 is 1.71 bits per heavy atom. The SMILES string of the molecule is COc1c(O)c2c(c(O)c1C(C)C)[C@@H](O)[C@H]1C(C)(C)CCC[C@]21C. The highest BCUT2D eigenvalue weighted by molar-refractivity contribution is 5.68. The van der Waals surface area contributed by atoms with Gasteiger partial charge in [0.25, 0.3) is 0 Å². The first-order valence-electron chi connectivity index (χ1n) is 8.92. The van der Waals surface area contributed by atoms with Crippen LogP contribution in [0.3, 0.4) is 0 Å². The molecule has 4 heteroatoms. The van der Waals surface area contributed by atoms with Gasteiger partial charge < -0.3 is 20.1 Å². The van der Waals surface area contributed by atoms with E-state index >= 15 is 0 Å². The molecule has 1 saturated carbocycles. The summed E-state index contributed by atoms with van der Waals surface area (Å²) in [5.74, 6) is 0.479. The highest BCUT2D eigenvalue weighted by atomic mass is 16.5. The molecule has 3 atom stereocenters. The van der Waals surface area contributed by atoms with Crippen molar-refractivity contribution in [2.45, 2.75) is 71.3 Å². The predicted molar refractivity (Wildman–Crippen MR) is 93.8 cm³/mol. The summed E-state index contributed by atoms with van der Waals surface area (Å²) in [4.78, 5) is 0. The van der Waals surface area contributed by atoms with Crippen LogP contribution in [0, 0.1) is 11.3 Å². The Balaban J connectivity index is 2.37. The van der Waals surface area contributed by atoms with Crippen molar-refractivity contribution in [1.29, 1.82) is 0 Å². The molecule has 4 nitrogen and oxygen atoms in total. The van der Waals surface area contributed by atoms with Gasteiger partial charge in [-0.25, -0.2) is 0 Å². The lowest BCUT2D eigenvalue weighted by Gasteiger charge is -2.48. The van der Waals surface area contributed by atoms with Gasteiger partial charge in [0.15, 0.2) is 11.5 Å². The Bertz CT molecular complexity index is 677. The molecular weight excluding hydrogens is 304 g/mol. The number of benzene rings is 1. The minimum atomic E-state index is -0.769. The summed E-state index contributed by atoms with van der Waals surface area (Å²) in [5, 5.41) is 33.1. The topological polar surface area (TPSA) is 69.9 Å². The molecule has 2 aliphatic rings. The van der Waals surface area contributed by atoms with Crippen LogP contribution in [0.1, 0.15) is 82.6 Å². The average molecular weight is 334 g/mol. The molecule has 0 aliphatic heterocycles. The fraction of sp³-hybridized carbons (Fsp3) is 0.700. The zero-order valence-electron chi connectivity index (χ0n) is 15.6. The van der Waals surface area contributed by atoms with Gasteiger partial charge in [0.05, 0.1) is 13.2 Å². The van der Waals surface area contributed by atoms with Crippen LogP contribution in [0.5, 0.6) is 17.2 Å². The molecule has 0 bridgehead atoms. The smallest absolute Gasteiger partial charge is 0.167 e. The standard InChI is InChI=1S/C20H30O4/c1-10(2)11-14(21)12-13(16(23)17(11)24-6)20(5)9-7-8-19(3,4)18(20)15(12)22/h10,15,18,21-23H,7-9H2,1-6H3/t15-,18+,20-/m1/s1. The summed E-state index contributed by atoms with van der Waals surface area (Å²) in [7, 11) is 1.52. The number of phenols is 2. The average Bonchev–Trinajstić information content (AvgIpc) is 2.71. The van der Waals surface area contributed by atoms with Gasteiger partial charge in [-0.15, -0.1) is 0 Å². The summed E-state index contributed by atoms with van der Waals surface area (Å²) in [5.41, 5.74) is 1.36. The first-order valence-corrected chi connectivity index (χ1v) is 8.92. The molecule has 1 aromatic carbocycles. The second-order valence-electron chi connectivity index (χ2n) is 8.77. The van der Waals surface area contributed by atoms with Crippen LogP contribution >= 0.6 is 0 Å². The number of hydrogen-bond donors (Lipinski definition) is 3. The largest absolute Gasteiger partial charge is 0.507 e. The zero-order valence-corrected chi connectivity index (χ0v) is 15.6. The van der Waals surface area contributed by atoms with Crippen LogP contribution < -0.4 is 4.74 Å². The molecule has 24 heavy (non-hydrogen) atoms. The Morgan fingerprint density at radius 3 is 2.25 bits per heavy atom. The highest BCUT2D eigenvalue weighted by Gasteiger charge is 2.59. The van der Waals surface area contributed by atoms with E-state index in [1.54, 1.807) is 0 Å². The van der Waals surface area contributed by atoms with Crippen molar-refractivity contribution in [3.05, 3.63) is 16.7 Å². The van der Waals surface area contributed by atoms with Crippen LogP contribution in [-0.4, -0.2) is 22.4 Å². The van der Waals surface area contributed by atoms with E-state index in [2.05, 4.69) is 20.8 Å². The lowest BCUT2D eigenvalue weighted by Crippen LogP contribution is -2.43. The van der Waals surface area contributed by atoms with E-state index < -0.39 is 6.10 Å². The molecule has 2 aliphatic carbocycles. The number of rotatable bonds is 2. The van der Waals surface area contributed by atoms with E-state index in [0.29, 0.717) is 22.4 Å². The van der Waals surface area contributed by atoms with Crippen molar-refractivity contribution >= 4 is 0 Å². The van der Waals surface area contributed by atoms with Crippen molar-refractivity contribution in [2.75, 3.05) is 7.11 Å². The van der Waals surface area contributed by atoms with Gasteiger partial charge in [-0.2, -0.15) is 0 Å². The molecule has 0 heterocycles. The summed E-state index contributed by atoms with van der Waals surface area (Å²) in [6.07, 6.45) is 2.20. The van der Waals surface area contributed by atoms with Gasteiger partial charge >= 0.3 is 0 Å². The Labute approximate surface area is 144 Å². The molecule has 0 amide bonds. The minimum absolute atomic E-state index is 0.0215. The number of aromatic hydroxyl groups is 2. The van der Waals surface area contributed by atoms with Crippen LogP contribution in [0.2, 0.25) is 0 Å². The van der Waals surface area contributed by atoms with Gasteiger partial charge in [-0.3, -0.25) is 0 Å². The van der Waals surface area contributed by atoms with Gasteiger partial charge in [0.1, 0.15) is 5.75 Å².